The lowest BCUT2D eigenvalue weighted by atomic mass is 10.1. The number of hydrogen-bond donors (Lipinski definition) is 2. The number of benzene rings is 2. The molecule has 0 bridgehead atoms. The lowest BCUT2D eigenvalue weighted by Gasteiger charge is -2.08. The van der Waals surface area contributed by atoms with Crippen molar-refractivity contribution in [1.82, 2.24) is 35.1 Å². The van der Waals surface area contributed by atoms with Crippen LogP contribution >= 0.6 is 0 Å². The maximum absolute atomic E-state index is 14.6. The zero-order valence-corrected chi connectivity index (χ0v) is 20.5. The number of aromatic amines is 2. The Morgan fingerprint density at radius 3 is 2.62 bits per heavy atom. The molecule has 2 aromatic carbocycles. The molecule has 188 valence electrons. The van der Waals surface area contributed by atoms with Crippen LogP contribution in [0.3, 0.4) is 0 Å². The van der Waals surface area contributed by atoms with E-state index in [2.05, 4.69) is 30.1 Å². The lowest BCUT2D eigenvalue weighted by molar-refractivity contribution is 0.305. The molecule has 8 nitrogen and oxygen atoms in total. The van der Waals surface area contributed by atoms with Gasteiger partial charge < -0.3 is 9.72 Å². The van der Waals surface area contributed by atoms with Crippen molar-refractivity contribution < 1.29 is 9.13 Å². The van der Waals surface area contributed by atoms with E-state index in [-0.39, 0.29) is 5.82 Å². The fraction of sp³-hybridized carbons (Fsp3) is 0.0333. The second kappa shape index (κ2) is 9.46. The first-order valence-electron chi connectivity index (χ1n) is 12.3. The number of rotatable bonds is 6. The highest BCUT2D eigenvalue weighted by molar-refractivity contribution is 5.96. The number of ether oxygens (including phenoxy) is 1. The minimum Gasteiger partial charge on any atom is -0.487 e. The van der Waals surface area contributed by atoms with E-state index in [1.807, 2.05) is 42.5 Å². The Labute approximate surface area is 221 Å². The molecule has 2 N–H and O–H groups in total. The highest BCUT2D eigenvalue weighted by Crippen LogP contribution is 2.33. The van der Waals surface area contributed by atoms with Gasteiger partial charge in [-0.2, -0.15) is 5.10 Å². The maximum Gasteiger partial charge on any atom is 0.160 e. The number of hydrogen-bond acceptors (Lipinski definition) is 6. The average Bonchev–Trinajstić information content (AvgIpc) is 3.61. The van der Waals surface area contributed by atoms with Crippen molar-refractivity contribution in [3.8, 4) is 39.7 Å². The van der Waals surface area contributed by atoms with Gasteiger partial charge in [0.15, 0.2) is 11.5 Å². The summed E-state index contributed by atoms with van der Waals surface area (Å²) in [4.78, 5) is 21.4. The molecule has 0 spiro atoms. The molecule has 0 amide bonds. The standard InChI is InChI=1S/C30H20FN7O/c31-24-9-5-4-8-21(24)22-10-11-33-29-27(22)35-30(36-29)28-23-13-25(34-16-26(23)37-38-28)19-12-20(15-32-14-19)39-17-18-6-2-1-3-7-18/h1-16H,17H2,(H,37,38)(H,33,35,36). The van der Waals surface area contributed by atoms with Crippen LogP contribution in [0.2, 0.25) is 0 Å². The van der Waals surface area contributed by atoms with E-state index in [9.17, 15) is 4.39 Å². The quantitative estimate of drug-likeness (QED) is 0.269. The van der Waals surface area contributed by atoms with E-state index in [1.165, 1.54) is 6.07 Å². The van der Waals surface area contributed by atoms with Crippen LogP contribution in [0.5, 0.6) is 5.75 Å². The summed E-state index contributed by atoms with van der Waals surface area (Å²) < 4.78 is 20.5. The third-order valence-corrected chi connectivity index (χ3v) is 6.48. The van der Waals surface area contributed by atoms with Crippen LogP contribution in [-0.4, -0.2) is 35.1 Å². The first-order chi connectivity index (χ1) is 19.2. The predicted octanol–water partition coefficient (Wildman–Crippen LogP) is 6.34. The van der Waals surface area contributed by atoms with Crippen LogP contribution in [0.25, 0.3) is 56.0 Å². The average molecular weight is 514 g/mol. The summed E-state index contributed by atoms with van der Waals surface area (Å²) in [5, 5.41) is 8.34. The molecule has 0 unspecified atom stereocenters. The van der Waals surface area contributed by atoms with E-state index >= 15 is 0 Å². The van der Waals surface area contributed by atoms with E-state index < -0.39 is 0 Å². The molecule has 0 radical (unpaired) electrons. The minimum absolute atomic E-state index is 0.320. The molecule has 0 atom stereocenters. The van der Waals surface area contributed by atoms with Gasteiger partial charge >= 0.3 is 0 Å². The highest BCUT2D eigenvalue weighted by atomic mass is 19.1. The number of pyridine rings is 3. The van der Waals surface area contributed by atoms with Crippen molar-refractivity contribution in [2.45, 2.75) is 6.61 Å². The number of imidazole rings is 1. The van der Waals surface area contributed by atoms with Gasteiger partial charge in [0.1, 0.15) is 29.4 Å². The van der Waals surface area contributed by atoms with Crippen LogP contribution in [-0.2, 0) is 6.61 Å². The first kappa shape index (κ1) is 22.7. The van der Waals surface area contributed by atoms with Crippen molar-refractivity contribution in [2.75, 3.05) is 0 Å². The van der Waals surface area contributed by atoms with Crippen molar-refractivity contribution >= 4 is 22.1 Å². The van der Waals surface area contributed by atoms with E-state index in [0.29, 0.717) is 51.9 Å². The molecule has 0 aliphatic heterocycles. The Morgan fingerprint density at radius 1 is 0.846 bits per heavy atom. The fourth-order valence-electron chi connectivity index (χ4n) is 4.55. The van der Waals surface area contributed by atoms with Gasteiger partial charge in [0.2, 0.25) is 0 Å². The van der Waals surface area contributed by atoms with Gasteiger partial charge in [0.25, 0.3) is 0 Å². The highest BCUT2D eigenvalue weighted by Gasteiger charge is 2.18. The van der Waals surface area contributed by atoms with Gasteiger partial charge in [0.05, 0.1) is 23.6 Å². The molecular weight excluding hydrogens is 493 g/mol. The number of aromatic nitrogens is 7. The molecule has 5 heterocycles. The van der Waals surface area contributed by atoms with Crippen molar-refractivity contribution in [2.24, 2.45) is 0 Å². The molecule has 0 saturated heterocycles. The Kier molecular flexibility index (Phi) is 5.51. The second-order valence-electron chi connectivity index (χ2n) is 8.99. The van der Waals surface area contributed by atoms with Gasteiger partial charge in [-0.1, -0.05) is 48.5 Å². The summed E-state index contributed by atoms with van der Waals surface area (Å²) in [5.41, 5.74) is 6.18. The second-order valence-corrected chi connectivity index (χ2v) is 8.99. The fourth-order valence-corrected chi connectivity index (χ4v) is 4.55. The van der Waals surface area contributed by atoms with E-state index in [1.54, 1.807) is 49.1 Å². The minimum atomic E-state index is -0.320. The molecule has 7 rings (SSSR count). The predicted molar refractivity (Wildman–Crippen MR) is 146 cm³/mol. The van der Waals surface area contributed by atoms with Crippen molar-refractivity contribution in [3.63, 3.8) is 0 Å². The monoisotopic (exact) mass is 513 g/mol. The first-order valence-corrected chi connectivity index (χ1v) is 12.3. The van der Waals surface area contributed by atoms with Gasteiger partial charge in [-0.25, -0.2) is 14.4 Å². The number of nitrogens with zero attached hydrogens (tertiary/aromatic N) is 5. The molecule has 0 aliphatic rings. The zero-order valence-electron chi connectivity index (χ0n) is 20.5. The van der Waals surface area contributed by atoms with Gasteiger partial charge in [-0.05, 0) is 29.8 Å². The summed E-state index contributed by atoms with van der Waals surface area (Å²) in [7, 11) is 0. The summed E-state index contributed by atoms with van der Waals surface area (Å²) in [6.07, 6.45) is 6.79. The largest absolute Gasteiger partial charge is 0.487 e. The summed E-state index contributed by atoms with van der Waals surface area (Å²) in [6.45, 7) is 0.444. The normalized spacial score (nSPS) is 11.3. The third-order valence-electron chi connectivity index (χ3n) is 6.48. The van der Waals surface area contributed by atoms with Crippen LogP contribution < -0.4 is 4.74 Å². The van der Waals surface area contributed by atoms with Crippen molar-refractivity contribution in [3.05, 3.63) is 109 Å². The molecule has 0 fully saturated rings. The zero-order chi connectivity index (χ0) is 26.2. The van der Waals surface area contributed by atoms with Gasteiger partial charge in [0, 0.05) is 34.5 Å². The molecule has 0 aliphatic carbocycles. The summed E-state index contributed by atoms with van der Waals surface area (Å²) in [5.74, 6) is 0.844. The van der Waals surface area contributed by atoms with Gasteiger partial charge in [-0.15, -0.1) is 0 Å². The number of fused-ring (bicyclic) bond motifs is 2. The third kappa shape index (κ3) is 4.25. The van der Waals surface area contributed by atoms with E-state index in [0.717, 1.165) is 22.0 Å². The van der Waals surface area contributed by atoms with Crippen LogP contribution in [0.1, 0.15) is 5.56 Å². The SMILES string of the molecule is Fc1ccccc1-c1ccnc2[nH]c(-c3n[nH]c4cnc(-c5cncc(OCc6ccccc6)c5)cc34)nc12. The Bertz CT molecular complexity index is 1950. The lowest BCUT2D eigenvalue weighted by Crippen LogP contribution is -1.96. The topological polar surface area (TPSA) is 105 Å². The van der Waals surface area contributed by atoms with Gasteiger partial charge in [-0.3, -0.25) is 15.1 Å². The number of halogens is 1. The summed E-state index contributed by atoms with van der Waals surface area (Å²) >= 11 is 0. The Balaban J connectivity index is 1.25. The molecule has 9 heteroatoms. The Hall–Kier alpha value is -5.44. The number of nitrogens with one attached hydrogen (secondary N) is 2. The molecule has 7 aromatic rings. The maximum atomic E-state index is 14.6. The molecule has 5 aromatic heterocycles. The van der Waals surface area contributed by atoms with E-state index in [4.69, 9.17) is 9.72 Å². The smallest absolute Gasteiger partial charge is 0.160 e. The molecule has 39 heavy (non-hydrogen) atoms. The number of H-pyrrole nitrogens is 2. The van der Waals surface area contributed by atoms with Crippen molar-refractivity contribution in [1.29, 1.82) is 0 Å². The van der Waals surface area contributed by atoms with Crippen LogP contribution in [0.4, 0.5) is 4.39 Å². The molecular formula is C30H20FN7O. The van der Waals surface area contributed by atoms with Crippen LogP contribution in [0, 0.1) is 5.82 Å². The summed E-state index contributed by atoms with van der Waals surface area (Å²) in [6, 6.07) is 22.2. The Morgan fingerprint density at radius 2 is 1.72 bits per heavy atom. The van der Waals surface area contributed by atoms with Crippen LogP contribution in [0.15, 0.2) is 97.6 Å². The molecule has 0 saturated carbocycles.